The molecule has 0 saturated carbocycles. The summed E-state index contributed by atoms with van der Waals surface area (Å²) >= 11 is 0. The Bertz CT molecular complexity index is 1160. The van der Waals surface area contributed by atoms with Crippen LogP contribution in [0.3, 0.4) is 0 Å². The van der Waals surface area contributed by atoms with Crippen LogP contribution >= 0.6 is 0 Å². The van der Waals surface area contributed by atoms with Crippen LogP contribution in [-0.2, 0) is 23.0 Å². The Labute approximate surface area is 188 Å². The lowest BCUT2D eigenvalue weighted by molar-refractivity contribution is 0.0952. The van der Waals surface area contributed by atoms with Crippen molar-refractivity contribution >= 4 is 21.7 Å². The molecular formula is C25H26N2O4S. The van der Waals surface area contributed by atoms with E-state index in [1.54, 1.807) is 24.3 Å². The molecule has 0 saturated heterocycles. The van der Waals surface area contributed by atoms with E-state index in [9.17, 15) is 18.0 Å². The fraction of sp³-hybridized carbons (Fsp3) is 0.200. The predicted molar refractivity (Wildman–Crippen MR) is 124 cm³/mol. The zero-order chi connectivity index (χ0) is 23.0. The van der Waals surface area contributed by atoms with E-state index >= 15 is 0 Å². The number of ketones is 1. The molecule has 166 valence electrons. The van der Waals surface area contributed by atoms with Gasteiger partial charge in [-0.15, -0.1) is 0 Å². The number of Topliss-reactive ketones (excluding diaryl/α,β-unsaturated/α-hetero) is 1. The van der Waals surface area contributed by atoms with Crippen molar-refractivity contribution in [3.63, 3.8) is 0 Å². The van der Waals surface area contributed by atoms with Crippen molar-refractivity contribution in [2.24, 2.45) is 0 Å². The molecule has 0 atom stereocenters. The Morgan fingerprint density at radius 1 is 0.781 bits per heavy atom. The first-order valence-corrected chi connectivity index (χ1v) is 11.9. The highest BCUT2D eigenvalue weighted by Gasteiger charge is 2.14. The number of hydrogen-bond acceptors (Lipinski definition) is 4. The zero-order valence-corrected chi connectivity index (χ0v) is 18.7. The topological polar surface area (TPSA) is 92.3 Å². The molecule has 0 aliphatic rings. The van der Waals surface area contributed by atoms with E-state index in [-0.39, 0.29) is 23.1 Å². The average molecular weight is 451 g/mol. The summed E-state index contributed by atoms with van der Waals surface area (Å²) in [6.07, 6.45) is 1.75. The van der Waals surface area contributed by atoms with Crippen molar-refractivity contribution in [1.29, 1.82) is 0 Å². The molecule has 0 aliphatic heterocycles. The maximum absolute atomic E-state index is 12.5. The van der Waals surface area contributed by atoms with Crippen molar-refractivity contribution in [3.05, 3.63) is 101 Å². The van der Waals surface area contributed by atoms with E-state index in [0.717, 1.165) is 18.4 Å². The van der Waals surface area contributed by atoms with Gasteiger partial charge in [0.05, 0.1) is 4.90 Å². The minimum Gasteiger partial charge on any atom is -0.352 e. The molecule has 0 aliphatic carbocycles. The Kier molecular flexibility index (Phi) is 7.92. The van der Waals surface area contributed by atoms with Gasteiger partial charge in [0.25, 0.3) is 5.91 Å². The second-order valence-corrected chi connectivity index (χ2v) is 9.21. The third-order valence-electron chi connectivity index (χ3n) is 5.02. The summed E-state index contributed by atoms with van der Waals surface area (Å²) in [6, 6.07) is 22.7. The first-order valence-electron chi connectivity index (χ1n) is 10.4. The van der Waals surface area contributed by atoms with E-state index in [0.29, 0.717) is 17.7 Å². The smallest absolute Gasteiger partial charge is 0.251 e. The number of carbonyl (C=O) groups excluding carboxylic acids is 2. The van der Waals surface area contributed by atoms with Crippen LogP contribution in [0.25, 0.3) is 0 Å². The summed E-state index contributed by atoms with van der Waals surface area (Å²) in [5, 5.41) is 2.90. The third-order valence-corrected chi connectivity index (χ3v) is 6.44. The molecule has 0 fully saturated rings. The van der Waals surface area contributed by atoms with Gasteiger partial charge in [0, 0.05) is 24.2 Å². The van der Waals surface area contributed by atoms with Crippen LogP contribution in [0.2, 0.25) is 0 Å². The van der Waals surface area contributed by atoms with E-state index in [1.165, 1.54) is 36.8 Å². The summed E-state index contributed by atoms with van der Waals surface area (Å²) in [5.41, 5.74) is 2.95. The average Bonchev–Trinajstić information content (AvgIpc) is 2.81. The van der Waals surface area contributed by atoms with Crippen LogP contribution in [-0.4, -0.2) is 26.7 Å². The quantitative estimate of drug-likeness (QED) is 0.364. The highest BCUT2D eigenvalue weighted by Crippen LogP contribution is 2.12. The van der Waals surface area contributed by atoms with Crippen molar-refractivity contribution < 1.29 is 18.0 Å². The van der Waals surface area contributed by atoms with Crippen LogP contribution in [0.4, 0.5) is 0 Å². The lowest BCUT2D eigenvalue weighted by atomic mass is 10.1. The number of amides is 1. The van der Waals surface area contributed by atoms with Gasteiger partial charge in [-0.25, -0.2) is 13.1 Å². The molecule has 3 aromatic rings. The van der Waals surface area contributed by atoms with Crippen molar-refractivity contribution in [2.45, 2.75) is 31.2 Å². The second-order valence-electron chi connectivity index (χ2n) is 7.45. The Morgan fingerprint density at radius 2 is 1.41 bits per heavy atom. The van der Waals surface area contributed by atoms with Crippen LogP contribution < -0.4 is 10.0 Å². The van der Waals surface area contributed by atoms with Gasteiger partial charge >= 0.3 is 0 Å². The molecule has 0 radical (unpaired) electrons. The maximum atomic E-state index is 12.5. The molecule has 0 unspecified atom stereocenters. The number of benzene rings is 3. The number of sulfonamides is 1. The second kappa shape index (κ2) is 10.8. The van der Waals surface area contributed by atoms with Gasteiger partial charge in [0.15, 0.2) is 5.78 Å². The summed E-state index contributed by atoms with van der Waals surface area (Å²) < 4.78 is 27.4. The number of aryl methyl sites for hydroxylation is 1. The van der Waals surface area contributed by atoms with Crippen LogP contribution in [0, 0.1) is 0 Å². The highest BCUT2D eigenvalue weighted by atomic mass is 32.2. The molecule has 3 aromatic carbocycles. The molecule has 7 heteroatoms. The molecule has 6 nitrogen and oxygen atoms in total. The lowest BCUT2D eigenvalue weighted by Gasteiger charge is -2.09. The molecule has 0 heterocycles. The Hall–Kier alpha value is -3.29. The molecule has 3 rings (SSSR count). The minimum atomic E-state index is -3.71. The summed E-state index contributed by atoms with van der Waals surface area (Å²) in [6.45, 7) is 2.10. The van der Waals surface area contributed by atoms with E-state index in [1.807, 2.05) is 18.2 Å². The van der Waals surface area contributed by atoms with Gasteiger partial charge in [-0.05, 0) is 55.2 Å². The number of rotatable bonds is 10. The van der Waals surface area contributed by atoms with Crippen LogP contribution in [0.15, 0.2) is 83.8 Å². The zero-order valence-electron chi connectivity index (χ0n) is 17.9. The lowest BCUT2D eigenvalue weighted by Crippen LogP contribution is -2.25. The Morgan fingerprint density at radius 3 is 2.03 bits per heavy atom. The van der Waals surface area contributed by atoms with Crippen molar-refractivity contribution in [2.75, 3.05) is 6.54 Å². The van der Waals surface area contributed by atoms with Gasteiger partial charge < -0.3 is 5.32 Å². The molecule has 0 aromatic heterocycles. The van der Waals surface area contributed by atoms with Gasteiger partial charge in [0.2, 0.25) is 10.0 Å². The fourth-order valence-corrected chi connectivity index (χ4v) is 4.16. The van der Waals surface area contributed by atoms with Crippen molar-refractivity contribution in [3.8, 4) is 0 Å². The minimum absolute atomic E-state index is 0.0917. The largest absolute Gasteiger partial charge is 0.352 e. The summed E-state index contributed by atoms with van der Waals surface area (Å²) in [7, 11) is -3.71. The van der Waals surface area contributed by atoms with Crippen LogP contribution in [0.5, 0.6) is 0 Å². The maximum Gasteiger partial charge on any atom is 0.251 e. The highest BCUT2D eigenvalue weighted by molar-refractivity contribution is 7.89. The van der Waals surface area contributed by atoms with Gasteiger partial charge in [-0.2, -0.15) is 0 Å². The molecule has 0 bridgehead atoms. The van der Waals surface area contributed by atoms with E-state index in [2.05, 4.69) is 22.2 Å². The summed E-state index contributed by atoms with van der Waals surface area (Å²) in [5.74, 6) is -0.280. The fourth-order valence-electron chi connectivity index (χ4n) is 3.15. The van der Waals surface area contributed by atoms with Gasteiger partial charge in [-0.1, -0.05) is 54.6 Å². The van der Waals surface area contributed by atoms with Gasteiger partial charge in [-0.3, -0.25) is 9.59 Å². The Balaban J connectivity index is 1.48. The van der Waals surface area contributed by atoms with E-state index < -0.39 is 10.0 Å². The summed E-state index contributed by atoms with van der Waals surface area (Å²) in [4.78, 5) is 23.7. The normalized spacial score (nSPS) is 11.2. The molecule has 1 amide bonds. The molecular weight excluding hydrogens is 424 g/mol. The monoisotopic (exact) mass is 450 g/mol. The third kappa shape index (κ3) is 6.60. The standard InChI is InChI=1S/C25H26N2O4S/c1-19(28)22-13-15-24(16-14-22)32(30,31)27-18-21-9-11-23(12-10-21)25(29)26-17-5-8-20-6-3-2-4-7-20/h2-4,6-7,9-16,27H,5,8,17-18H2,1H3,(H,26,29). The number of hydrogen-bond donors (Lipinski definition) is 2. The predicted octanol–water partition coefficient (Wildman–Crippen LogP) is 3.73. The first-order chi connectivity index (χ1) is 15.3. The van der Waals surface area contributed by atoms with Gasteiger partial charge in [0.1, 0.15) is 0 Å². The molecule has 0 spiro atoms. The molecule has 2 N–H and O–H groups in total. The number of nitrogens with one attached hydrogen (secondary N) is 2. The van der Waals surface area contributed by atoms with Crippen molar-refractivity contribution in [1.82, 2.24) is 10.0 Å². The molecule has 32 heavy (non-hydrogen) atoms. The SMILES string of the molecule is CC(=O)c1ccc(S(=O)(=O)NCc2ccc(C(=O)NCCCc3ccccc3)cc2)cc1. The van der Waals surface area contributed by atoms with E-state index in [4.69, 9.17) is 0 Å². The van der Waals surface area contributed by atoms with Crippen LogP contribution in [0.1, 0.15) is 45.2 Å². The number of carbonyl (C=O) groups is 2. The first kappa shape index (κ1) is 23.4.